The number of carbonyl (C=O) groups is 2. The van der Waals surface area contributed by atoms with Crippen molar-refractivity contribution in [3.8, 4) is 0 Å². The number of fused-ring (bicyclic) bond motifs is 1. The number of nitrogens with zero attached hydrogens (tertiary/aromatic N) is 1. The Morgan fingerprint density at radius 3 is 2.60 bits per heavy atom. The van der Waals surface area contributed by atoms with Gasteiger partial charge < -0.3 is 15.5 Å². The smallest absolute Gasteiger partial charge is 0.319 e. The maximum atomic E-state index is 12.5. The Labute approximate surface area is 150 Å². The van der Waals surface area contributed by atoms with Gasteiger partial charge in [0.2, 0.25) is 5.91 Å². The number of benzene rings is 1. The van der Waals surface area contributed by atoms with Crippen molar-refractivity contribution in [2.75, 3.05) is 16.8 Å². The number of anilines is 2. The normalized spacial score (nSPS) is 18.0. The summed E-state index contributed by atoms with van der Waals surface area (Å²) in [5.74, 6) is 0.113. The SMILES string of the molecule is CC(C)C(=O)N1CCCc2ccc(NC(=O)NC3CCCCC3)cc21. The van der Waals surface area contributed by atoms with Gasteiger partial charge in [-0.05, 0) is 43.4 Å². The molecule has 0 atom stereocenters. The molecule has 5 heteroatoms. The second kappa shape index (κ2) is 7.89. The van der Waals surface area contributed by atoms with Gasteiger partial charge in [0.15, 0.2) is 0 Å². The van der Waals surface area contributed by atoms with E-state index in [4.69, 9.17) is 0 Å². The molecule has 0 radical (unpaired) electrons. The van der Waals surface area contributed by atoms with Crippen LogP contribution in [-0.4, -0.2) is 24.5 Å². The number of carbonyl (C=O) groups excluding carboxylic acids is 2. The van der Waals surface area contributed by atoms with E-state index < -0.39 is 0 Å². The van der Waals surface area contributed by atoms with Crippen molar-refractivity contribution >= 4 is 23.3 Å². The summed E-state index contributed by atoms with van der Waals surface area (Å²) in [7, 11) is 0. The minimum Gasteiger partial charge on any atom is -0.335 e. The van der Waals surface area contributed by atoms with Gasteiger partial charge in [-0.2, -0.15) is 0 Å². The van der Waals surface area contributed by atoms with Crippen LogP contribution in [0, 0.1) is 5.92 Å². The molecule has 0 aromatic heterocycles. The average Bonchev–Trinajstić information content (AvgIpc) is 2.61. The third-order valence-electron chi connectivity index (χ3n) is 5.16. The van der Waals surface area contributed by atoms with Crippen LogP contribution in [0.15, 0.2) is 18.2 Å². The Bertz CT molecular complexity index is 636. The quantitative estimate of drug-likeness (QED) is 0.869. The second-order valence-electron chi connectivity index (χ2n) is 7.53. The fourth-order valence-corrected chi connectivity index (χ4v) is 3.79. The Balaban J connectivity index is 1.70. The van der Waals surface area contributed by atoms with Gasteiger partial charge in [0, 0.05) is 29.9 Å². The van der Waals surface area contributed by atoms with E-state index in [1.165, 1.54) is 24.8 Å². The van der Waals surface area contributed by atoms with Crippen LogP contribution in [0.4, 0.5) is 16.2 Å². The molecule has 3 amide bonds. The molecule has 25 heavy (non-hydrogen) atoms. The predicted molar refractivity (Wildman–Crippen MR) is 101 cm³/mol. The fraction of sp³-hybridized carbons (Fsp3) is 0.600. The summed E-state index contributed by atoms with van der Waals surface area (Å²) in [5, 5.41) is 6.01. The standard InChI is InChI=1S/C20H29N3O2/c1-14(2)19(24)23-12-6-7-15-10-11-17(13-18(15)23)22-20(25)21-16-8-4-3-5-9-16/h10-11,13-14,16H,3-9,12H2,1-2H3,(H2,21,22,25). The zero-order valence-electron chi connectivity index (χ0n) is 15.3. The minimum absolute atomic E-state index is 0.0304. The first kappa shape index (κ1) is 17.8. The van der Waals surface area contributed by atoms with E-state index in [2.05, 4.69) is 10.6 Å². The highest BCUT2D eigenvalue weighted by molar-refractivity contribution is 5.97. The molecule has 2 N–H and O–H groups in total. The fourth-order valence-electron chi connectivity index (χ4n) is 3.79. The van der Waals surface area contributed by atoms with Gasteiger partial charge in [0.1, 0.15) is 0 Å². The Morgan fingerprint density at radius 1 is 1.12 bits per heavy atom. The van der Waals surface area contributed by atoms with Crippen LogP contribution in [0.3, 0.4) is 0 Å². The van der Waals surface area contributed by atoms with Crippen LogP contribution >= 0.6 is 0 Å². The minimum atomic E-state index is -0.149. The van der Waals surface area contributed by atoms with Crippen molar-refractivity contribution in [2.45, 2.75) is 64.8 Å². The summed E-state index contributed by atoms with van der Waals surface area (Å²) >= 11 is 0. The lowest BCUT2D eigenvalue weighted by molar-refractivity contribution is -0.121. The zero-order chi connectivity index (χ0) is 17.8. The van der Waals surface area contributed by atoms with Crippen LogP contribution < -0.4 is 15.5 Å². The van der Waals surface area contributed by atoms with Crippen LogP contribution in [-0.2, 0) is 11.2 Å². The highest BCUT2D eigenvalue weighted by Gasteiger charge is 2.25. The highest BCUT2D eigenvalue weighted by atomic mass is 16.2. The summed E-state index contributed by atoms with van der Waals surface area (Å²) in [4.78, 5) is 26.6. The molecule has 1 aliphatic heterocycles. The number of aryl methyl sites for hydroxylation is 1. The number of hydrogen-bond acceptors (Lipinski definition) is 2. The van der Waals surface area contributed by atoms with Crippen LogP contribution in [0.2, 0.25) is 0 Å². The van der Waals surface area contributed by atoms with Crippen molar-refractivity contribution in [3.63, 3.8) is 0 Å². The average molecular weight is 343 g/mol. The zero-order valence-corrected chi connectivity index (χ0v) is 15.3. The molecule has 0 bridgehead atoms. The number of urea groups is 1. The van der Waals surface area contributed by atoms with E-state index in [1.54, 1.807) is 0 Å². The van der Waals surface area contributed by atoms with Crippen LogP contribution in [0.1, 0.15) is 57.9 Å². The van der Waals surface area contributed by atoms with Crippen molar-refractivity contribution in [2.24, 2.45) is 5.92 Å². The molecule has 5 nitrogen and oxygen atoms in total. The molecule has 2 aliphatic rings. The van der Waals surface area contributed by atoms with E-state index in [-0.39, 0.29) is 23.9 Å². The monoisotopic (exact) mass is 343 g/mol. The molecular formula is C20H29N3O2. The number of rotatable bonds is 3. The summed E-state index contributed by atoms with van der Waals surface area (Å²) in [6.07, 6.45) is 7.74. The van der Waals surface area contributed by atoms with Gasteiger partial charge in [-0.3, -0.25) is 4.79 Å². The second-order valence-corrected chi connectivity index (χ2v) is 7.53. The van der Waals surface area contributed by atoms with Crippen LogP contribution in [0.25, 0.3) is 0 Å². The lowest BCUT2D eigenvalue weighted by atomic mass is 9.96. The van der Waals surface area contributed by atoms with E-state index in [0.29, 0.717) is 0 Å². The van der Waals surface area contributed by atoms with Gasteiger partial charge >= 0.3 is 6.03 Å². The highest BCUT2D eigenvalue weighted by Crippen LogP contribution is 2.31. The van der Waals surface area contributed by atoms with E-state index >= 15 is 0 Å². The molecule has 0 unspecified atom stereocenters. The first-order chi connectivity index (χ1) is 12.0. The Hall–Kier alpha value is -2.04. The van der Waals surface area contributed by atoms with Crippen molar-refractivity contribution in [3.05, 3.63) is 23.8 Å². The van der Waals surface area contributed by atoms with Crippen molar-refractivity contribution in [1.82, 2.24) is 5.32 Å². The van der Waals surface area contributed by atoms with Gasteiger partial charge in [-0.25, -0.2) is 4.79 Å². The van der Waals surface area contributed by atoms with Gasteiger partial charge in [0.25, 0.3) is 0 Å². The third-order valence-corrected chi connectivity index (χ3v) is 5.16. The molecule has 3 rings (SSSR count). The van der Waals surface area contributed by atoms with Crippen molar-refractivity contribution in [1.29, 1.82) is 0 Å². The molecule has 136 valence electrons. The van der Waals surface area contributed by atoms with Crippen LogP contribution in [0.5, 0.6) is 0 Å². The summed E-state index contributed by atoms with van der Waals surface area (Å²) in [6.45, 7) is 4.61. The van der Waals surface area contributed by atoms with Gasteiger partial charge in [-0.15, -0.1) is 0 Å². The maximum absolute atomic E-state index is 12.5. The lowest BCUT2D eigenvalue weighted by Crippen LogP contribution is -2.39. The topological polar surface area (TPSA) is 61.4 Å². The Kier molecular flexibility index (Phi) is 5.61. The van der Waals surface area contributed by atoms with Crippen molar-refractivity contribution < 1.29 is 9.59 Å². The number of amides is 3. The number of nitrogens with one attached hydrogen (secondary N) is 2. The van der Waals surface area contributed by atoms with Gasteiger partial charge in [0.05, 0.1) is 0 Å². The molecule has 1 heterocycles. The molecule has 1 aromatic carbocycles. The molecule has 1 saturated carbocycles. The van der Waals surface area contributed by atoms with E-state index in [0.717, 1.165) is 43.6 Å². The molecule has 0 spiro atoms. The van der Waals surface area contributed by atoms with E-state index in [1.807, 2.05) is 36.9 Å². The third kappa shape index (κ3) is 4.33. The largest absolute Gasteiger partial charge is 0.335 e. The molecular weight excluding hydrogens is 314 g/mol. The number of hydrogen-bond donors (Lipinski definition) is 2. The maximum Gasteiger partial charge on any atom is 0.319 e. The summed E-state index contributed by atoms with van der Waals surface area (Å²) in [6, 6.07) is 6.04. The van der Waals surface area contributed by atoms with Gasteiger partial charge in [-0.1, -0.05) is 39.2 Å². The lowest BCUT2D eigenvalue weighted by Gasteiger charge is -2.31. The molecule has 1 aromatic rings. The molecule has 1 aliphatic carbocycles. The molecule has 0 saturated heterocycles. The first-order valence-corrected chi connectivity index (χ1v) is 9.56. The predicted octanol–water partition coefficient (Wildman–Crippen LogP) is 4.08. The first-order valence-electron chi connectivity index (χ1n) is 9.56. The summed E-state index contributed by atoms with van der Waals surface area (Å²) < 4.78 is 0. The Morgan fingerprint density at radius 2 is 1.88 bits per heavy atom. The van der Waals surface area contributed by atoms with E-state index in [9.17, 15) is 9.59 Å². The molecule has 1 fully saturated rings. The summed E-state index contributed by atoms with van der Waals surface area (Å²) in [5.41, 5.74) is 2.87.